The number of esters is 5. The van der Waals surface area contributed by atoms with E-state index < -0.39 is 216 Å². The van der Waals surface area contributed by atoms with Crippen molar-refractivity contribution < 1.29 is 161 Å². The molecular formula is C77H74F18O17S. The Kier molecular flexibility index (Phi) is 27.8. The van der Waals surface area contributed by atoms with Crippen molar-refractivity contribution in [3.05, 3.63) is 189 Å². The van der Waals surface area contributed by atoms with Crippen molar-refractivity contribution in [1.82, 2.24) is 0 Å². The van der Waals surface area contributed by atoms with Crippen LogP contribution in [0.5, 0.6) is 23.0 Å². The third-order valence-electron chi connectivity index (χ3n) is 20.0. The van der Waals surface area contributed by atoms with Gasteiger partial charge in [0.05, 0.1) is 35.5 Å². The highest BCUT2D eigenvalue weighted by molar-refractivity contribution is 7.98. The van der Waals surface area contributed by atoms with Gasteiger partial charge in [-0.2, -0.15) is 0 Å². The van der Waals surface area contributed by atoms with Gasteiger partial charge < -0.3 is 48.1 Å². The maximum absolute atomic E-state index is 14.0. The van der Waals surface area contributed by atoms with Crippen LogP contribution in [0.15, 0.2) is 109 Å². The summed E-state index contributed by atoms with van der Waals surface area (Å²) in [6.07, 6.45) is -5.26. The normalized spacial score (nSPS) is 19.2. The van der Waals surface area contributed by atoms with Crippen LogP contribution in [-0.2, 0) is 89.7 Å². The summed E-state index contributed by atoms with van der Waals surface area (Å²) in [7, 11) is 5.73. The Morgan fingerprint density at radius 1 is 0.363 bits per heavy atom. The highest BCUT2D eigenvalue weighted by Gasteiger charge is 2.67. The highest BCUT2D eigenvalue weighted by Crippen LogP contribution is 2.59. The number of Topliss-reactive ketones (excluding diaryl/α,β-unsaturated/α-hetero) is 1. The summed E-state index contributed by atoms with van der Waals surface area (Å²) < 4.78 is 273. The number of hydrogen-bond donors (Lipinski definition) is 2. The first-order valence-electron chi connectivity index (χ1n) is 33.6. The van der Waals surface area contributed by atoms with Gasteiger partial charge in [-0.15, -0.1) is 11.8 Å². The standard InChI is InChI=1S/C14H15F3O3S.C13H12F4O3.C13H13F3O2.C13H13FO3.C12H10F4O3.C12H11F3O3/c1-19-12(18)13(6-14(16,17)7-13)9-3-4-11(10(15)5-9)20-8-21-2;1-19-11(18)12(5-13(16,17)6-12)8-2-3-10(20-7-14)9(15)4-8;1-8-3-4-9(5-10(8)14)12(11(17)18-2)6-13(15,16)7-12;1-8-3-4-9(5-11(8)14)13(12(16)17-2)6-10(15)7-13;13-6-19-9-2-1-7(3-8(9)14)11(10(17)18)4-12(15,16)5-11;1-18-10(17)11(5-12(14,15)6-11)7-2-3-9(16)8(13)4-7/h3-5H,6-8H2,1-2H3;2-4H,5-7H2,1H3;3-5H,6-7H2,1-2H3;3-5H,6-7H2,1-2H3;1-3H,4-6H2,(H,17,18);2-4,16H,5-6H2,1H3. The number of hydrogen-bond acceptors (Lipinski definition) is 17. The van der Waals surface area contributed by atoms with Gasteiger partial charge in [-0.1, -0.05) is 48.5 Å². The molecule has 0 aromatic heterocycles. The molecule has 17 nitrogen and oxygen atoms in total. The number of aryl methyl sites for hydroxylation is 2. The summed E-state index contributed by atoms with van der Waals surface area (Å²) in [5.74, 6) is -25.4. The van der Waals surface area contributed by atoms with Gasteiger partial charge in [0.15, 0.2) is 46.3 Å². The number of carbonyl (C=O) groups is 7. The summed E-state index contributed by atoms with van der Waals surface area (Å²) in [6.45, 7) is 0.768. The Hall–Kier alpha value is -9.90. The van der Waals surface area contributed by atoms with Crippen LogP contribution in [0.2, 0.25) is 0 Å². The van der Waals surface area contributed by atoms with E-state index in [0.717, 1.165) is 83.0 Å². The number of phenols is 1. The number of rotatable bonds is 19. The average molecular weight is 1650 g/mol. The Morgan fingerprint density at radius 2 is 0.602 bits per heavy atom. The number of methoxy groups -OCH3 is 5. The van der Waals surface area contributed by atoms with Crippen molar-refractivity contribution in [2.75, 3.05) is 61.5 Å². The molecule has 0 radical (unpaired) electrons. The molecule has 0 amide bonds. The number of phenolic OH excluding ortho intramolecular Hbond substituents is 1. The molecule has 0 heterocycles. The number of aromatic hydroxyl groups is 1. The third-order valence-corrected chi connectivity index (χ3v) is 20.4. The lowest BCUT2D eigenvalue weighted by molar-refractivity contribution is -0.177. The molecule has 616 valence electrons. The molecule has 113 heavy (non-hydrogen) atoms. The van der Waals surface area contributed by atoms with Crippen molar-refractivity contribution in [3.63, 3.8) is 0 Å². The van der Waals surface area contributed by atoms with Gasteiger partial charge in [0.25, 0.3) is 29.6 Å². The number of benzene rings is 6. The fourth-order valence-corrected chi connectivity index (χ4v) is 14.4. The lowest BCUT2D eigenvalue weighted by atomic mass is 9.62. The van der Waals surface area contributed by atoms with Crippen LogP contribution in [0.25, 0.3) is 0 Å². The summed E-state index contributed by atoms with van der Waals surface area (Å²) >= 11 is 1.38. The average Bonchev–Trinajstić information content (AvgIpc) is 0.751. The second-order valence-electron chi connectivity index (χ2n) is 27.8. The van der Waals surface area contributed by atoms with Crippen molar-refractivity contribution in [3.8, 4) is 23.0 Å². The van der Waals surface area contributed by atoms with Gasteiger partial charge in [0.1, 0.15) is 55.8 Å². The molecule has 6 aromatic rings. The maximum Gasteiger partial charge on any atom is 0.317 e. The van der Waals surface area contributed by atoms with E-state index in [4.69, 9.17) is 19.7 Å². The lowest BCUT2D eigenvalue weighted by Gasteiger charge is -2.45. The van der Waals surface area contributed by atoms with Crippen LogP contribution in [0.1, 0.15) is 122 Å². The fourth-order valence-electron chi connectivity index (χ4n) is 14.1. The molecule has 0 spiro atoms. The molecule has 2 N–H and O–H groups in total. The van der Waals surface area contributed by atoms with Gasteiger partial charge in [-0.3, -0.25) is 33.6 Å². The van der Waals surface area contributed by atoms with Crippen LogP contribution in [-0.4, -0.2) is 143 Å². The van der Waals surface area contributed by atoms with E-state index in [-0.39, 0.29) is 69.7 Å². The zero-order valence-corrected chi connectivity index (χ0v) is 62.0. The number of halogens is 18. The van der Waals surface area contributed by atoms with Gasteiger partial charge in [-0.05, 0) is 125 Å². The lowest BCUT2D eigenvalue weighted by Crippen LogP contribution is -2.55. The van der Waals surface area contributed by atoms with E-state index in [9.17, 15) is 113 Å². The first-order chi connectivity index (χ1) is 52.6. The van der Waals surface area contributed by atoms with Crippen molar-refractivity contribution in [2.24, 2.45) is 0 Å². The first kappa shape index (κ1) is 90.3. The number of alkyl halides is 12. The molecule has 0 saturated heterocycles. The summed E-state index contributed by atoms with van der Waals surface area (Å²) in [5, 5.41) is 18.1. The Labute approximate surface area is 637 Å². The second kappa shape index (κ2) is 34.8. The number of aliphatic carboxylic acids is 1. The molecule has 12 rings (SSSR count). The van der Waals surface area contributed by atoms with E-state index in [1.54, 1.807) is 32.2 Å². The fraction of sp³-hybridized carbons (Fsp3) is 0.442. The monoisotopic (exact) mass is 1640 g/mol. The van der Waals surface area contributed by atoms with Gasteiger partial charge in [0.2, 0.25) is 13.7 Å². The van der Waals surface area contributed by atoms with Crippen molar-refractivity contribution in [1.29, 1.82) is 0 Å². The molecule has 6 aromatic carbocycles. The third kappa shape index (κ3) is 19.3. The van der Waals surface area contributed by atoms with E-state index in [2.05, 4.69) is 28.4 Å². The second-order valence-corrected chi connectivity index (χ2v) is 28.6. The maximum atomic E-state index is 14.0. The smallest absolute Gasteiger partial charge is 0.317 e. The molecule has 6 fully saturated rings. The van der Waals surface area contributed by atoms with E-state index in [1.807, 2.05) is 0 Å². The number of thioether (sulfide) groups is 1. The summed E-state index contributed by atoms with van der Waals surface area (Å²) in [6, 6.07) is 22.0. The minimum atomic E-state index is -3.07. The molecule has 0 unspecified atom stereocenters. The number of ketones is 1. The number of carbonyl (C=O) groups excluding carboxylic acids is 6. The zero-order valence-electron chi connectivity index (χ0n) is 61.2. The SMILES string of the molecule is COC(=O)C1(c2ccc(C)c(F)c2)CC(=O)C1.COC(=O)C1(c2ccc(C)c(F)c2)CC(F)(F)C1.COC(=O)C1(c2ccc(O)c(F)c2)CC(F)(F)C1.COC(=O)C1(c2ccc(OCF)c(F)c2)CC(F)(F)C1.COC(=O)C1(c2ccc(OCSC)c(F)c2)CC(F)(F)C1.O=C(O)C1(c2ccc(OCF)c(F)c2)CC(F)(F)C1. The predicted molar refractivity (Wildman–Crippen MR) is 365 cm³/mol. The summed E-state index contributed by atoms with van der Waals surface area (Å²) in [5.41, 5.74) is -6.76. The largest absolute Gasteiger partial charge is 0.505 e. The molecule has 6 saturated carbocycles. The van der Waals surface area contributed by atoms with Gasteiger partial charge >= 0.3 is 35.8 Å². The number of carboxylic acid groups (broad SMARTS) is 1. The molecule has 0 bridgehead atoms. The van der Waals surface area contributed by atoms with Crippen LogP contribution >= 0.6 is 11.8 Å². The quantitative estimate of drug-likeness (QED) is 0.0332. The van der Waals surface area contributed by atoms with E-state index in [0.29, 0.717) is 16.7 Å². The Balaban J connectivity index is 0.000000188. The van der Waals surface area contributed by atoms with Crippen LogP contribution in [0.4, 0.5) is 79.0 Å². The number of carboxylic acids is 1. The van der Waals surface area contributed by atoms with Crippen LogP contribution in [0, 0.1) is 48.8 Å². The van der Waals surface area contributed by atoms with E-state index >= 15 is 0 Å². The molecular weight excluding hydrogens is 1570 g/mol. The topological polar surface area (TPSA) is 234 Å². The molecule has 6 aliphatic rings. The van der Waals surface area contributed by atoms with E-state index in [1.165, 1.54) is 61.3 Å². The van der Waals surface area contributed by atoms with Gasteiger partial charge in [0, 0.05) is 77.0 Å². The van der Waals surface area contributed by atoms with Crippen LogP contribution in [0.3, 0.4) is 0 Å². The molecule has 36 heteroatoms. The zero-order chi connectivity index (χ0) is 84.6. The highest BCUT2D eigenvalue weighted by atomic mass is 32.2. The number of ether oxygens (including phenoxy) is 8. The molecule has 0 atom stereocenters. The van der Waals surface area contributed by atoms with Crippen molar-refractivity contribution >= 4 is 53.4 Å². The van der Waals surface area contributed by atoms with Gasteiger partial charge in [-0.25, -0.2) is 79.0 Å². The van der Waals surface area contributed by atoms with Crippen LogP contribution < -0.4 is 14.2 Å². The summed E-state index contributed by atoms with van der Waals surface area (Å²) in [4.78, 5) is 81.1. The molecule has 6 aliphatic carbocycles. The minimum absolute atomic E-state index is 0.00335. The van der Waals surface area contributed by atoms with Crippen molar-refractivity contribution in [2.45, 2.75) is 153 Å². The Bertz CT molecular complexity index is 4400. The first-order valence-corrected chi connectivity index (χ1v) is 35.0. The Morgan fingerprint density at radius 3 is 0.841 bits per heavy atom. The predicted octanol–water partition coefficient (Wildman–Crippen LogP) is 16.5. The minimum Gasteiger partial charge on any atom is -0.505 e. The molecule has 0 aliphatic heterocycles.